The summed E-state index contributed by atoms with van der Waals surface area (Å²) < 4.78 is 7.04. The van der Waals surface area contributed by atoms with Gasteiger partial charge in [-0.1, -0.05) is 54.2 Å². The van der Waals surface area contributed by atoms with Crippen molar-refractivity contribution < 1.29 is 19.5 Å². The molecule has 3 aromatic rings. The maximum Gasteiger partial charge on any atom is 0.350 e. The zero-order valence-electron chi connectivity index (χ0n) is 16.9. The van der Waals surface area contributed by atoms with Gasteiger partial charge in [0.15, 0.2) is 12.3 Å². The molecule has 0 aliphatic heterocycles. The van der Waals surface area contributed by atoms with Gasteiger partial charge in [-0.3, -0.25) is 0 Å². The number of fused-ring (bicyclic) bond motifs is 1. The third-order valence-electron chi connectivity index (χ3n) is 5.39. The van der Waals surface area contributed by atoms with E-state index < -0.39 is 5.97 Å². The van der Waals surface area contributed by atoms with Gasteiger partial charge in [0.1, 0.15) is 17.4 Å². The fourth-order valence-corrected chi connectivity index (χ4v) is 5.09. The molecule has 0 bridgehead atoms. The van der Waals surface area contributed by atoms with Gasteiger partial charge in [0.05, 0.1) is 15.2 Å². The highest BCUT2D eigenvalue weighted by Crippen LogP contribution is 2.40. The molecule has 0 saturated heterocycles. The van der Waals surface area contributed by atoms with E-state index in [2.05, 4.69) is 10.1 Å². The molecule has 1 atom stereocenters. The Morgan fingerprint density at radius 2 is 2.06 bits per heavy atom. The van der Waals surface area contributed by atoms with Crippen LogP contribution < -0.4 is 4.74 Å². The number of aliphatic carboxylic acids is 1. The van der Waals surface area contributed by atoms with Crippen molar-refractivity contribution in [1.29, 1.82) is 0 Å². The summed E-state index contributed by atoms with van der Waals surface area (Å²) in [6.45, 7) is 0.362. The Kier molecular flexibility index (Phi) is 7.04. The number of halogens is 1. The molecule has 1 heterocycles. The molecule has 8 heteroatoms. The summed E-state index contributed by atoms with van der Waals surface area (Å²) in [6, 6.07) is 13.5. The molecule has 1 N–H and O–H groups in total. The van der Waals surface area contributed by atoms with Crippen LogP contribution in [0.2, 0.25) is 5.02 Å². The molecule has 1 fully saturated rings. The predicted octanol–water partition coefficient (Wildman–Crippen LogP) is 6.24. The number of benzene rings is 2. The second-order valence-electron chi connectivity index (χ2n) is 7.54. The highest BCUT2D eigenvalue weighted by molar-refractivity contribution is 7.18. The van der Waals surface area contributed by atoms with Gasteiger partial charge in [-0.05, 0) is 37.1 Å². The highest BCUT2D eigenvalue weighted by Gasteiger charge is 2.29. The van der Waals surface area contributed by atoms with E-state index in [1.807, 2.05) is 36.4 Å². The third kappa shape index (κ3) is 5.54. The van der Waals surface area contributed by atoms with Crippen molar-refractivity contribution in [2.45, 2.75) is 44.8 Å². The lowest BCUT2D eigenvalue weighted by Crippen LogP contribution is -2.18. The van der Waals surface area contributed by atoms with Crippen LogP contribution in [0.5, 0.6) is 5.75 Å². The van der Waals surface area contributed by atoms with E-state index in [4.69, 9.17) is 26.3 Å². The van der Waals surface area contributed by atoms with Gasteiger partial charge in [-0.25, -0.2) is 9.78 Å². The van der Waals surface area contributed by atoms with Crippen LogP contribution in [0.15, 0.2) is 47.6 Å². The lowest BCUT2D eigenvalue weighted by Gasteiger charge is -2.29. The Bertz CT molecular complexity index is 1050. The molecule has 1 aliphatic rings. The minimum Gasteiger partial charge on any atom is -0.486 e. The molecule has 0 unspecified atom stereocenters. The third-order valence-corrected chi connectivity index (χ3v) is 6.73. The van der Waals surface area contributed by atoms with Gasteiger partial charge in [0.25, 0.3) is 0 Å². The molecular weight excluding hydrogens is 436 g/mol. The minimum absolute atomic E-state index is 0.242. The van der Waals surface area contributed by atoms with E-state index in [0.717, 1.165) is 52.7 Å². The lowest BCUT2D eigenvalue weighted by atomic mass is 9.82. The Hall–Kier alpha value is -2.64. The molecule has 1 saturated carbocycles. The normalized spacial score (nSPS) is 15.9. The summed E-state index contributed by atoms with van der Waals surface area (Å²) >= 11 is 8.20. The summed E-state index contributed by atoms with van der Waals surface area (Å²) in [5.74, 6) is -0.261. The van der Waals surface area contributed by atoms with Crippen molar-refractivity contribution in [2.24, 2.45) is 11.1 Å². The van der Waals surface area contributed by atoms with E-state index in [9.17, 15) is 4.79 Å². The zero-order valence-corrected chi connectivity index (χ0v) is 18.4. The smallest absolute Gasteiger partial charge is 0.350 e. The number of thiazole rings is 1. The molecule has 0 radical (unpaired) electrons. The molecule has 0 amide bonds. The first-order valence-corrected chi connectivity index (χ1v) is 11.5. The van der Waals surface area contributed by atoms with E-state index in [0.29, 0.717) is 17.4 Å². The number of carbonyl (C=O) groups is 1. The van der Waals surface area contributed by atoms with Crippen LogP contribution in [0.1, 0.15) is 48.8 Å². The molecule has 4 rings (SSSR count). The Morgan fingerprint density at radius 1 is 1.26 bits per heavy atom. The summed E-state index contributed by atoms with van der Waals surface area (Å²) in [5.41, 5.74) is 1.76. The quantitative estimate of drug-likeness (QED) is 0.319. The molecule has 1 aromatic heterocycles. The fraction of sp³-hybridized carbons (Fsp3) is 0.348. The first-order chi connectivity index (χ1) is 15.1. The van der Waals surface area contributed by atoms with Crippen LogP contribution in [0.4, 0.5) is 0 Å². The van der Waals surface area contributed by atoms with Crippen molar-refractivity contribution in [3.05, 3.63) is 58.1 Å². The number of hydrogen-bond acceptors (Lipinski definition) is 6. The SMILES string of the molecule is O=C(O)/C=N\O[C@H](c1ccc(OCc2nc3ccccc3s2)cc1Cl)C1CCCCC1. The van der Waals surface area contributed by atoms with Crippen molar-refractivity contribution in [2.75, 3.05) is 0 Å². The molecule has 162 valence electrons. The van der Waals surface area contributed by atoms with E-state index in [1.54, 1.807) is 17.4 Å². The maximum atomic E-state index is 10.8. The number of rotatable bonds is 8. The van der Waals surface area contributed by atoms with Crippen LogP contribution in [0, 0.1) is 5.92 Å². The Morgan fingerprint density at radius 3 is 2.81 bits per heavy atom. The van der Waals surface area contributed by atoms with Gasteiger partial charge in [0.2, 0.25) is 0 Å². The van der Waals surface area contributed by atoms with Crippen molar-refractivity contribution >= 4 is 45.3 Å². The average molecular weight is 459 g/mol. The number of hydrogen-bond donors (Lipinski definition) is 1. The van der Waals surface area contributed by atoms with Crippen molar-refractivity contribution in [3.8, 4) is 5.75 Å². The average Bonchev–Trinajstić information content (AvgIpc) is 3.19. The number of para-hydroxylation sites is 1. The first kappa shape index (κ1) is 21.6. The largest absolute Gasteiger partial charge is 0.486 e. The maximum absolute atomic E-state index is 10.8. The van der Waals surface area contributed by atoms with Gasteiger partial charge >= 0.3 is 5.97 Å². The number of aromatic nitrogens is 1. The number of oxime groups is 1. The second kappa shape index (κ2) is 10.1. The van der Waals surface area contributed by atoms with Crippen LogP contribution in [-0.4, -0.2) is 22.3 Å². The molecule has 1 aliphatic carbocycles. The topological polar surface area (TPSA) is 81.0 Å². The molecular formula is C23H23ClN2O4S. The molecule has 2 aromatic carbocycles. The monoisotopic (exact) mass is 458 g/mol. The van der Waals surface area contributed by atoms with Crippen LogP contribution in [0.25, 0.3) is 10.2 Å². The van der Waals surface area contributed by atoms with E-state index in [-0.39, 0.29) is 12.0 Å². The first-order valence-electron chi connectivity index (χ1n) is 10.3. The predicted molar refractivity (Wildman–Crippen MR) is 122 cm³/mol. The van der Waals surface area contributed by atoms with Crippen LogP contribution >= 0.6 is 22.9 Å². The summed E-state index contributed by atoms with van der Waals surface area (Å²) in [7, 11) is 0. The minimum atomic E-state index is -1.15. The summed E-state index contributed by atoms with van der Waals surface area (Å²) in [6.07, 6.45) is 5.82. The molecule has 6 nitrogen and oxygen atoms in total. The lowest BCUT2D eigenvalue weighted by molar-refractivity contribution is -0.129. The number of ether oxygens (including phenoxy) is 1. The Labute approximate surface area is 189 Å². The zero-order chi connectivity index (χ0) is 21.6. The summed E-state index contributed by atoms with van der Waals surface area (Å²) in [4.78, 5) is 21.0. The van der Waals surface area contributed by atoms with Gasteiger partial charge < -0.3 is 14.7 Å². The van der Waals surface area contributed by atoms with Crippen LogP contribution in [-0.2, 0) is 16.2 Å². The van der Waals surface area contributed by atoms with E-state index >= 15 is 0 Å². The number of carboxylic acid groups (broad SMARTS) is 1. The molecule has 0 spiro atoms. The number of nitrogens with zero attached hydrogens (tertiary/aromatic N) is 2. The highest BCUT2D eigenvalue weighted by atomic mass is 35.5. The van der Waals surface area contributed by atoms with Gasteiger partial charge in [-0.15, -0.1) is 11.3 Å². The standard InChI is InChI=1S/C23H23ClN2O4S/c24-18-12-16(29-14-21-26-19-8-4-5-9-20(19)31-21)10-11-17(18)23(30-25-13-22(27)28)15-6-2-1-3-7-15/h4-5,8-13,15,23H,1-3,6-7,14H2,(H,27,28)/b25-13-/t23-/m0/s1. The summed E-state index contributed by atoms with van der Waals surface area (Å²) in [5, 5.41) is 13.9. The fourth-order valence-electron chi connectivity index (χ4n) is 3.93. The molecule has 31 heavy (non-hydrogen) atoms. The second-order valence-corrected chi connectivity index (χ2v) is 9.07. The van der Waals surface area contributed by atoms with E-state index in [1.165, 1.54) is 6.42 Å². The Balaban J connectivity index is 1.48. The van der Waals surface area contributed by atoms with Crippen molar-refractivity contribution in [1.82, 2.24) is 4.98 Å². The van der Waals surface area contributed by atoms with Gasteiger partial charge in [-0.2, -0.15) is 0 Å². The number of carboxylic acids is 1. The van der Waals surface area contributed by atoms with Crippen molar-refractivity contribution in [3.63, 3.8) is 0 Å². The van der Waals surface area contributed by atoms with Gasteiger partial charge in [0, 0.05) is 11.5 Å². The van der Waals surface area contributed by atoms with Crippen LogP contribution in [0.3, 0.4) is 0 Å².